The summed E-state index contributed by atoms with van der Waals surface area (Å²) < 4.78 is 41.7. The minimum Gasteiger partial charge on any atom is -0.483 e. The number of hydrogen-bond acceptors (Lipinski definition) is 3. The van der Waals surface area contributed by atoms with Crippen LogP contribution in [0.25, 0.3) is 0 Å². The van der Waals surface area contributed by atoms with Gasteiger partial charge in [0.05, 0.1) is 5.56 Å². The van der Waals surface area contributed by atoms with Gasteiger partial charge in [-0.1, -0.05) is 12.1 Å². The second-order valence-corrected chi connectivity index (χ2v) is 5.32. The Balaban J connectivity index is 2.11. The Morgan fingerprint density at radius 3 is 2.77 bits per heavy atom. The zero-order valence-electron chi connectivity index (χ0n) is 12.3. The lowest BCUT2D eigenvalue weighted by atomic mass is 10.0. The van der Waals surface area contributed by atoms with E-state index >= 15 is 0 Å². The highest BCUT2D eigenvalue weighted by molar-refractivity contribution is 5.97. The lowest BCUT2D eigenvalue weighted by Gasteiger charge is -2.32. The Bertz CT molecular complexity index is 514. The van der Waals surface area contributed by atoms with E-state index in [9.17, 15) is 18.0 Å². The van der Waals surface area contributed by atoms with Crippen LogP contribution in [0.15, 0.2) is 24.3 Å². The van der Waals surface area contributed by atoms with Crippen molar-refractivity contribution in [1.82, 2.24) is 10.2 Å². The smallest absolute Gasteiger partial charge is 0.422 e. The van der Waals surface area contributed by atoms with Gasteiger partial charge in [0.25, 0.3) is 5.91 Å². The molecule has 0 bridgehead atoms. The fraction of sp³-hybridized carbons (Fsp3) is 0.533. The van der Waals surface area contributed by atoms with Crippen molar-refractivity contribution in [3.8, 4) is 5.75 Å². The first kappa shape index (κ1) is 16.6. The fourth-order valence-corrected chi connectivity index (χ4v) is 2.45. The number of carbonyl (C=O) groups is 1. The molecule has 2 rings (SSSR count). The molecule has 1 aromatic carbocycles. The van der Waals surface area contributed by atoms with Crippen molar-refractivity contribution in [1.29, 1.82) is 0 Å². The topological polar surface area (TPSA) is 41.6 Å². The summed E-state index contributed by atoms with van der Waals surface area (Å²) in [6.07, 6.45) is -2.59. The van der Waals surface area contributed by atoms with Crippen LogP contribution in [-0.4, -0.2) is 49.8 Å². The van der Waals surface area contributed by atoms with E-state index in [2.05, 4.69) is 5.32 Å². The molecule has 1 aliphatic heterocycles. The van der Waals surface area contributed by atoms with Crippen LogP contribution in [0, 0.1) is 0 Å². The first-order chi connectivity index (χ1) is 10.4. The monoisotopic (exact) mass is 316 g/mol. The first-order valence-corrected chi connectivity index (χ1v) is 7.15. The van der Waals surface area contributed by atoms with Gasteiger partial charge in [-0.2, -0.15) is 13.2 Å². The molecule has 0 unspecified atom stereocenters. The van der Waals surface area contributed by atoms with Crippen molar-refractivity contribution in [2.24, 2.45) is 0 Å². The highest BCUT2D eigenvalue weighted by atomic mass is 19.4. The van der Waals surface area contributed by atoms with Crippen molar-refractivity contribution >= 4 is 5.91 Å². The largest absolute Gasteiger partial charge is 0.483 e. The molecule has 1 aliphatic rings. The molecule has 122 valence electrons. The fourth-order valence-electron chi connectivity index (χ4n) is 2.45. The third kappa shape index (κ3) is 4.37. The summed E-state index contributed by atoms with van der Waals surface area (Å²) in [5.74, 6) is -0.369. The number of ether oxygens (including phenoxy) is 1. The van der Waals surface area contributed by atoms with Gasteiger partial charge >= 0.3 is 6.18 Å². The summed E-state index contributed by atoms with van der Waals surface area (Å²) in [4.78, 5) is 14.1. The summed E-state index contributed by atoms with van der Waals surface area (Å²) in [5.41, 5.74) is 0.153. The van der Waals surface area contributed by atoms with Crippen molar-refractivity contribution < 1.29 is 22.7 Å². The van der Waals surface area contributed by atoms with E-state index in [-0.39, 0.29) is 23.3 Å². The minimum atomic E-state index is -4.44. The van der Waals surface area contributed by atoms with Gasteiger partial charge in [0.1, 0.15) is 5.75 Å². The van der Waals surface area contributed by atoms with E-state index in [0.717, 1.165) is 19.4 Å². The Morgan fingerprint density at radius 2 is 2.14 bits per heavy atom. The number of piperidine rings is 1. The van der Waals surface area contributed by atoms with Crippen molar-refractivity contribution in [2.75, 3.05) is 26.7 Å². The maximum absolute atomic E-state index is 12.5. The predicted octanol–water partition coefficient (Wildman–Crippen LogP) is 2.45. The van der Waals surface area contributed by atoms with Crippen LogP contribution in [0.4, 0.5) is 13.2 Å². The average Bonchev–Trinajstić information content (AvgIpc) is 2.52. The normalized spacial score (nSPS) is 18.8. The number of carbonyl (C=O) groups excluding carboxylic acids is 1. The number of amides is 1. The molecule has 0 radical (unpaired) electrons. The summed E-state index contributed by atoms with van der Waals surface area (Å²) in [7, 11) is 1.67. The molecule has 22 heavy (non-hydrogen) atoms. The maximum Gasteiger partial charge on any atom is 0.422 e. The number of nitrogens with one attached hydrogen (secondary N) is 1. The molecule has 0 spiro atoms. The van der Waals surface area contributed by atoms with Gasteiger partial charge in [-0.3, -0.25) is 4.79 Å². The number of likely N-dealkylation sites (N-methyl/N-ethyl adjacent to an activating group) is 1. The van der Waals surface area contributed by atoms with E-state index < -0.39 is 12.8 Å². The standard InChI is InChI=1S/C15H19F3N2O2/c1-20(11-5-4-8-19-9-11)14(21)12-6-2-3-7-13(12)22-10-15(16,17)18/h2-3,6-7,11,19H,4-5,8-10H2,1H3/t11-/m0/s1. The summed E-state index contributed by atoms with van der Waals surface area (Å²) in [6.45, 7) is 0.198. The van der Waals surface area contributed by atoms with E-state index in [4.69, 9.17) is 4.74 Å². The summed E-state index contributed by atoms with van der Waals surface area (Å²) in [5, 5.41) is 3.21. The lowest BCUT2D eigenvalue weighted by molar-refractivity contribution is -0.153. The molecule has 1 fully saturated rings. The molecule has 1 amide bonds. The zero-order chi connectivity index (χ0) is 16.2. The number of halogens is 3. The molecule has 4 nitrogen and oxygen atoms in total. The van der Waals surface area contributed by atoms with Crippen LogP contribution < -0.4 is 10.1 Å². The Morgan fingerprint density at radius 1 is 1.41 bits per heavy atom. The van der Waals surface area contributed by atoms with Gasteiger partial charge in [-0.15, -0.1) is 0 Å². The number of alkyl halides is 3. The summed E-state index contributed by atoms with van der Waals surface area (Å²) in [6, 6.07) is 6.06. The molecule has 0 aromatic heterocycles. The van der Waals surface area contributed by atoms with Gasteiger partial charge in [-0.25, -0.2) is 0 Å². The van der Waals surface area contributed by atoms with E-state index in [1.54, 1.807) is 24.1 Å². The second kappa shape index (κ2) is 7.00. The molecule has 1 saturated heterocycles. The number of hydrogen-bond donors (Lipinski definition) is 1. The van der Waals surface area contributed by atoms with E-state index in [0.29, 0.717) is 6.54 Å². The number of benzene rings is 1. The van der Waals surface area contributed by atoms with Crippen LogP contribution in [0.3, 0.4) is 0 Å². The summed E-state index contributed by atoms with van der Waals surface area (Å²) >= 11 is 0. The highest BCUT2D eigenvalue weighted by Gasteiger charge is 2.30. The van der Waals surface area contributed by atoms with Gasteiger partial charge in [0.2, 0.25) is 0 Å². The van der Waals surface area contributed by atoms with Crippen LogP contribution in [0.1, 0.15) is 23.2 Å². The number of rotatable bonds is 4. The molecule has 1 aromatic rings. The molecule has 1 atom stereocenters. The Kier molecular flexibility index (Phi) is 5.28. The van der Waals surface area contributed by atoms with Crippen molar-refractivity contribution in [2.45, 2.75) is 25.1 Å². The molecule has 1 heterocycles. The van der Waals surface area contributed by atoms with Gasteiger partial charge < -0.3 is 15.0 Å². The lowest BCUT2D eigenvalue weighted by Crippen LogP contribution is -2.46. The predicted molar refractivity (Wildman–Crippen MR) is 76.0 cm³/mol. The quantitative estimate of drug-likeness (QED) is 0.928. The third-order valence-corrected chi connectivity index (χ3v) is 3.65. The number of nitrogens with zero attached hydrogens (tertiary/aromatic N) is 1. The van der Waals surface area contributed by atoms with E-state index in [1.807, 2.05) is 0 Å². The number of para-hydroxylation sites is 1. The van der Waals surface area contributed by atoms with Crippen LogP contribution in [0.2, 0.25) is 0 Å². The highest BCUT2D eigenvalue weighted by Crippen LogP contribution is 2.24. The zero-order valence-corrected chi connectivity index (χ0v) is 12.3. The Hall–Kier alpha value is -1.76. The van der Waals surface area contributed by atoms with E-state index in [1.165, 1.54) is 12.1 Å². The molecular weight excluding hydrogens is 297 g/mol. The maximum atomic E-state index is 12.5. The second-order valence-electron chi connectivity index (χ2n) is 5.32. The van der Waals surface area contributed by atoms with Gasteiger partial charge in [-0.05, 0) is 31.5 Å². The molecule has 7 heteroatoms. The Labute approximate surface area is 127 Å². The van der Waals surface area contributed by atoms with Crippen LogP contribution >= 0.6 is 0 Å². The molecular formula is C15H19F3N2O2. The van der Waals surface area contributed by atoms with Crippen molar-refractivity contribution in [3.63, 3.8) is 0 Å². The molecule has 0 aliphatic carbocycles. The van der Waals surface area contributed by atoms with Crippen LogP contribution in [-0.2, 0) is 0 Å². The van der Waals surface area contributed by atoms with Crippen LogP contribution in [0.5, 0.6) is 5.75 Å². The van der Waals surface area contributed by atoms with Gasteiger partial charge in [0.15, 0.2) is 6.61 Å². The molecule has 1 N–H and O–H groups in total. The minimum absolute atomic E-state index is 0.0388. The SMILES string of the molecule is CN(C(=O)c1ccccc1OCC(F)(F)F)[C@H]1CCCNC1. The van der Waals surface area contributed by atoms with Crippen molar-refractivity contribution in [3.05, 3.63) is 29.8 Å². The third-order valence-electron chi connectivity index (χ3n) is 3.65. The first-order valence-electron chi connectivity index (χ1n) is 7.15. The van der Waals surface area contributed by atoms with Gasteiger partial charge in [0, 0.05) is 19.6 Å². The molecule has 0 saturated carbocycles. The average molecular weight is 316 g/mol.